The fourth-order valence-corrected chi connectivity index (χ4v) is 1.93. The molecule has 0 spiro atoms. The molecule has 6 heteroatoms. The maximum absolute atomic E-state index is 9.07. The van der Waals surface area contributed by atoms with E-state index < -0.39 is 0 Å². The summed E-state index contributed by atoms with van der Waals surface area (Å²) in [5.41, 5.74) is 1.27. The lowest BCUT2D eigenvalue weighted by Crippen LogP contribution is -2.05. The number of hydrogen-bond donors (Lipinski definition) is 1. The Balaban J connectivity index is 2.86. The van der Waals surface area contributed by atoms with Crippen LogP contribution in [-0.4, -0.2) is 27.9 Å². The Morgan fingerprint density at radius 2 is 2.40 bits per heavy atom. The Kier molecular flexibility index (Phi) is 2.47. The second kappa shape index (κ2) is 3.79. The number of nitrogens with one attached hydrogen (secondary N) is 1. The van der Waals surface area contributed by atoms with Gasteiger partial charge in [-0.15, -0.1) is 11.8 Å². The van der Waals surface area contributed by atoms with Crippen molar-refractivity contribution in [2.24, 2.45) is 0 Å². The number of hydrogen-bond acceptors (Lipinski definition) is 5. The molecule has 0 fully saturated rings. The van der Waals surface area contributed by atoms with Crippen molar-refractivity contribution in [3.63, 3.8) is 0 Å². The van der Waals surface area contributed by atoms with Crippen LogP contribution in [0.1, 0.15) is 5.56 Å². The van der Waals surface area contributed by atoms with Crippen molar-refractivity contribution in [2.75, 3.05) is 18.6 Å². The molecule has 2 rings (SSSR count). The van der Waals surface area contributed by atoms with Crippen LogP contribution in [0.3, 0.4) is 0 Å². The van der Waals surface area contributed by atoms with E-state index in [0.29, 0.717) is 11.4 Å². The minimum absolute atomic E-state index is 0.529. The van der Waals surface area contributed by atoms with Gasteiger partial charge >= 0.3 is 0 Å². The van der Waals surface area contributed by atoms with E-state index in [1.54, 1.807) is 17.8 Å². The maximum Gasteiger partial charge on any atom is 0.158 e. The number of fused-ring (bicyclic) bond motifs is 1. The predicted molar refractivity (Wildman–Crippen MR) is 59.0 cm³/mol. The minimum Gasteiger partial charge on any atom is -0.372 e. The lowest BCUT2D eigenvalue weighted by atomic mass is 10.3. The summed E-state index contributed by atoms with van der Waals surface area (Å²) in [5.74, 6) is 0.678. The van der Waals surface area contributed by atoms with Crippen LogP contribution in [0.4, 0.5) is 5.82 Å². The Morgan fingerprint density at radius 3 is 3.00 bits per heavy atom. The van der Waals surface area contributed by atoms with Crippen molar-refractivity contribution in [1.82, 2.24) is 14.6 Å². The quantitative estimate of drug-likeness (QED) is 0.610. The molecule has 0 atom stereocenters. The van der Waals surface area contributed by atoms with E-state index in [4.69, 9.17) is 5.26 Å². The van der Waals surface area contributed by atoms with Crippen molar-refractivity contribution in [1.29, 1.82) is 5.26 Å². The van der Waals surface area contributed by atoms with Gasteiger partial charge in [0.05, 0.1) is 6.20 Å². The molecule has 0 aromatic carbocycles. The largest absolute Gasteiger partial charge is 0.372 e. The smallest absolute Gasteiger partial charge is 0.158 e. The number of nitriles is 1. The van der Waals surface area contributed by atoms with Crippen LogP contribution in [0.2, 0.25) is 0 Å². The average molecular weight is 219 g/mol. The minimum atomic E-state index is 0.529. The van der Waals surface area contributed by atoms with Gasteiger partial charge < -0.3 is 5.32 Å². The van der Waals surface area contributed by atoms with Gasteiger partial charge in [-0.3, -0.25) is 0 Å². The third-order valence-electron chi connectivity index (χ3n) is 2.04. The van der Waals surface area contributed by atoms with Crippen molar-refractivity contribution in [3.05, 3.63) is 17.8 Å². The summed E-state index contributed by atoms with van der Waals surface area (Å²) in [4.78, 5) is 4.33. The van der Waals surface area contributed by atoms with E-state index in [1.165, 1.54) is 11.8 Å². The first-order valence-electron chi connectivity index (χ1n) is 4.31. The molecule has 15 heavy (non-hydrogen) atoms. The van der Waals surface area contributed by atoms with Crippen molar-refractivity contribution >= 4 is 23.2 Å². The van der Waals surface area contributed by atoms with Crippen LogP contribution in [-0.2, 0) is 0 Å². The van der Waals surface area contributed by atoms with E-state index in [2.05, 4.69) is 21.5 Å². The van der Waals surface area contributed by atoms with Crippen LogP contribution >= 0.6 is 11.8 Å². The molecular weight excluding hydrogens is 210 g/mol. The highest BCUT2D eigenvalue weighted by Crippen LogP contribution is 2.25. The van der Waals surface area contributed by atoms with Crippen LogP contribution in [0, 0.1) is 11.3 Å². The fourth-order valence-electron chi connectivity index (χ4n) is 1.40. The first-order chi connectivity index (χ1) is 7.31. The Bertz CT molecular complexity index is 539. The summed E-state index contributed by atoms with van der Waals surface area (Å²) in [5, 5.41) is 16.9. The van der Waals surface area contributed by atoms with E-state index in [-0.39, 0.29) is 0 Å². The summed E-state index contributed by atoms with van der Waals surface area (Å²) in [6.07, 6.45) is 3.56. The molecule has 0 amide bonds. The van der Waals surface area contributed by atoms with Gasteiger partial charge in [0, 0.05) is 13.1 Å². The molecule has 5 nitrogen and oxygen atoms in total. The predicted octanol–water partition coefficient (Wildman–Crippen LogP) is 1.36. The first-order valence-corrected chi connectivity index (χ1v) is 5.54. The maximum atomic E-state index is 9.07. The standard InChI is InChI=1S/C9H9N5S/c1-11-8-6(5-10)9(15-2)13-7-3-4-12-14(7)8/h3-4,11H,1-2H3. The van der Waals surface area contributed by atoms with Crippen LogP contribution in [0.25, 0.3) is 5.65 Å². The van der Waals surface area contributed by atoms with Crippen LogP contribution < -0.4 is 5.32 Å². The molecule has 0 aliphatic carbocycles. The number of rotatable bonds is 2. The Morgan fingerprint density at radius 1 is 1.60 bits per heavy atom. The molecule has 0 aliphatic rings. The highest BCUT2D eigenvalue weighted by molar-refractivity contribution is 7.98. The molecule has 0 unspecified atom stereocenters. The normalized spacial score (nSPS) is 10.2. The van der Waals surface area contributed by atoms with Gasteiger partial charge in [0.2, 0.25) is 0 Å². The van der Waals surface area contributed by atoms with Crippen LogP contribution in [0.5, 0.6) is 0 Å². The third-order valence-corrected chi connectivity index (χ3v) is 2.73. The van der Waals surface area contributed by atoms with E-state index in [1.807, 2.05) is 12.3 Å². The van der Waals surface area contributed by atoms with Gasteiger partial charge in [-0.05, 0) is 6.26 Å². The summed E-state index contributed by atoms with van der Waals surface area (Å²) >= 11 is 1.45. The van der Waals surface area contributed by atoms with Crippen molar-refractivity contribution in [2.45, 2.75) is 5.03 Å². The monoisotopic (exact) mass is 219 g/mol. The number of anilines is 1. The number of thioether (sulfide) groups is 1. The molecule has 2 heterocycles. The number of aromatic nitrogens is 3. The zero-order valence-corrected chi connectivity index (χ0v) is 9.17. The van der Waals surface area contributed by atoms with Gasteiger partial charge in [0.25, 0.3) is 0 Å². The molecule has 0 saturated heterocycles. The highest BCUT2D eigenvalue weighted by atomic mass is 32.2. The Labute approximate surface area is 91.1 Å². The SMILES string of the molecule is CNc1c(C#N)c(SC)nc2ccnn12. The van der Waals surface area contributed by atoms with Gasteiger partial charge in [0.1, 0.15) is 22.5 Å². The third kappa shape index (κ3) is 1.41. The topological polar surface area (TPSA) is 66.0 Å². The van der Waals surface area contributed by atoms with Crippen LogP contribution in [0.15, 0.2) is 17.3 Å². The van der Waals surface area contributed by atoms with Crippen molar-refractivity contribution in [3.8, 4) is 6.07 Å². The molecule has 76 valence electrons. The zero-order valence-electron chi connectivity index (χ0n) is 8.35. The summed E-state index contributed by atoms with van der Waals surface area (Å²) in [6.45, 7) is 0. The molecule has 2 aromatic rings. The molecule has 0 radical (unpaired) electrons. The molecule has 0 aliphatic heterocycles. The molecular formula is C9H9N5S. The highest BCUT2D eigenvalue weighted by Gasteiger charge is 2.13. The van der Waals surface area contributed by atoms with E-state index in [0.717, 1.165) is 10.7 Å². The second-order valence-electron chi connectivity index (χ2n) is 2.81. The van der Waals surface area contributed by atoms with Gasteiger partial charge in [-0.2, -0.15) is 14.9 Å². The molecule has 0 saturated carbocycles. The van der Waals surface area contributed by atoms with Gasteiger partial charge in [-0.25, -0.2) is 4.98 Å². The Hall–Kier alpha value is -1.74. The van der Waals surface area contributed by atoms with Crippen molar-refractivity contribution < 1.29 is 0 Å². The van der Waals surface area contributed by atoms with E-state index >= 15 is 0 Å². The van der Waals surface area contributed by atoms with Gasteiger partial charge in [-0.1, -0.05) is 0 Å². The molecule has 1 N–H and O–H groups in total. The summed E-state index contributed by atoms with van der Waals surface area (Å²) in [7, 11) is 1.77. The van der Waals surface area contributed by atoms with Gasteiger partial charge in [0.15, 0.2) is 5.65 Å². The summed E-state index contributed by atoms with van der Waals surface area (Å²) in [6, 6.07) is 3.95. The lowest BCUT2D eigenvalue weighted by molar-refractivity contribution is 0.913. The average Bonchev–Trinajstić information content (AvgIpc) is 2.73. The molecule has 0 bridgehead atoms. The fraction of sp³-hybridized carbons (Fsp3) is 0.222. The second-order valence-corrected chi connectivity index (χ2v) is 3.60. The lowest BCUT2D eigenvalue weighted by Gasteiger charge is -2.08. The molecule has 2 aromatic heterocycles. The number of nitrogens with zero attached hydrogens (tertiary/aromatic N) is 4. The zero-order chi connectivity index (χ0) is 10.8. The summed E-state index contributed by atoms with van der Waals surface area (Å²) < 4.78 is 1.62. The van der Waals surface area contributed by atoms with E-state index in [9.17, 15) is 0 Å². The first kappa shape index (κ1) is 9.80.